The summed E-state index contributed by atoms with van der Waals surface area (Å²) in [6.45, 7) is 0.226. The zero-order chi connectivity index (χ0) is 19.4. The molecular weight excluding hydrogens is 543 g/mol. The number of rotatable bonds is 5. The Labute approximate surface area is 185 Å². The SMILES string of the molecule is O=C(Nc1nnc(COc2ccc(Br)cc2Br)s1)Nc1ccc(Cl)cc1Cl. The van der Waals surface area contributed by atoms with E-state index in [1.807, 2.05) is 18.2 Å². The van der Waals surface area contributed by atoms with E-state index in [9.17, 15) is 4.79 Å². The smallest absolute Gasteiger partial charge is 0.325 e. The van der Waals surface area contributed by atoms with Crippen molar-refractivity contribution in [3.8, 4) is 5.75 Å². The van der Waals surface area contributed by atoms with E-state index in [1.165, 1.54) is 11.3 Å². The van der Waals surface area contributed by atoms with Gasteiger partial charge in [0, 0.05) is 9.50 Å². The molecule has 0 saturated heterocycles. The van der Waals surface area contributed by atoms with Crippen LogP contribution in [0.1, 0.15) is 5.01 Å². The van der Waals surface area contributed by atoms with E-state index in [0.717, 1.165) is 8.95 Å². The van der Waals surface area contributed by atoms with Crippen molar-refractivity contribution in [2.75, 3.05) is 10.6 Å². The minimum atomic E-state index is -0.488. The van der Waals surface area contributed by atoms with Crippen LogP contribution in [0.4, 0.5) is 15.6 Å². The first-order valence-corrected chi connectivity index (χ1v) is 10.5. The van der Waals surface area contributed by atoms with E-state index in [2.05, 4.69) is 52.7 Å². The second kappa shape index (κ2) is 9.20. The summed E-state index contributed by atoms with van der Waals surface area (Å²) in [6, 6.07) is 9.88. The van der Waals surface area contributed by atoms with Gasteiger partial charge in [0.15, 0.2) is 5.01 Å². The van der Waals surface area contributed by atoms with Gasteiger partial charge >= 0.3 is 6.03 Å². The number of hydrogen-bond acceptors (Lipinski definition) is 5. The van der Waals surface area contributed by atoms with Crippen molar-refractivity contribution < 1.29 is 9.53 Å². The molecule has 1 heterocycles. The third kappa shape index (κ3) is 5.79. The van der Waals surface area contributed by atoms with Crippen LogP contribution < -0.4 is 15.4 Å². The lowest BCUT2D eigenvalue weighted by molar-refractivity contribution is 0.262. The predicted molar refractivity (Wildman–Crippen MR) is 115 cm³/mol. The molecule has 0 aliphatic heterocycles. The largest absolute Gasteiger partial charge is 0.485 e. The number of hydrogen-bond donors (Lipinski definition) is 2. The van der Waals surface area contributed by atoms with Crippen LogP contribution in [0, 0.1) is 0 Å². The van der Waals surface area contributed by atoms with Gasteiger partial charge in [-0.2, -0.15) is 0 Å². The maximum absolute atomic E-state index is 12.1. The minimum absolute atomic E-state index is 0.226. The van der Waals surface area contributed by atoms with Crippen LogP contribution in [0.5, 0.6) is 5.75 Å². The number of amides is 2. The fraction of sp³-hybridized carbons (Fsp3) is 0.0625. The molecule has 0 radical (unpaired) electrons. The van der Waals surface area contributed by atoms with E-state index in [4.69, 9.17) is 27.9 Å². The average molecular weight is 553 g/mol. The average Bonchev–Trinajstić information content (AvgIpc) is 3.04. The highest BCUT2D eigenvalue weighted by Gasteiger charge is 2.11. The Hall–Kier alpha value is -1.39. The second-order valence-electron chi connectivity index (χ2n) is 5.07. The van der Waals surface area contributed by atoms with Crippen LogP contribution >= 0.6 is 66.4 Å². The first kappa shape index (κ1) is 20.3. The second-order valence-corrected chi connectivity index (χ2v) is 8.74. The molecule has 3 rings (SSSR count). The molecule has 140 valence electrons. The summed E-state index contributed by atoms with van der Waals surface area (Å²) in [5.41, 5.74) is 0.437. The molecule has 6 nitrogen and oxygen atoms in total. The van der Waals surface area contributed by atoms with Crippen molar-refractivity contribution in [2.24, 2.45) is 0 Å². The fourth-order valence-electron chi connectivity index (χ4n) is 1.94. The van der Waals surface area contributed by atoms with Crippen LogP contribution in [0.3, 0.4) is 0 Å². The van der Waals surface area contributed by atoms with Crippen LogP contribution in [0.25, 0.3) is 0 Å². The van der Waals surface area contributed by atoms with Gasteiger partial charge in [-0.1, -0.05) is 50.5 Å². The summed E-state index contributed by atoms with van der Waals surface area (Å²) in [5, 5.41) is 14.9. The molecule has 2 amide bonds. The van der Waals surface area contributed by atoms with E-state index >= 15 is 0 Å². The Morgan fingerprint density at radius 3 is 2.67 bits per heavy atom. The van der Waals surface area contributed by atoms with Gasteiger partial charge < -0.3 is 10.1 Å². The van der Waals surface area contributed by atoms with Gasteiger partial charge in [-0.25, -0.2) is 4.79 Å². The van der Waals surface area contributed by atoms with Gasteiger partial charge in [0.1, 0.15) is 12.4 Å². The molecule has 11 heteroatoms. The van der Waals surface area contributed by atoms with Gasteiger partial charge in [0.25, 0.3) is 0 Å². The van der Waals surface area contributed by atoms with Crippen molar-refractivity contribution in [3.63, 3.8) is 0 Å². The summed E-state index contributed by atoms with van der Waals surface area (Å²) in [5.74, 6) is 0.679. The van der Waals surface area contributed by atoms with Gasteiger partial charge in [-0.05, 0) is 52.3 Å². The summed E-state index contributed by atoms with van der Waals surface area (Å²) in [6.07, 6.45) is 0. The molecule has 3 aromatic rings. The summed E-state index contributed by atoms with van der Waals surface area (Å²) in [4.78, 5) is 12.1. The number of nitrogens with one attached hydrogen (secondary N) is 2. The van der Waals surface area contributed by atoms with Gasteiger partial charge in [0.2, 0.25) is 5.13 Å². The van der Waals surface area contributed by atoms with Crippen molar-refractivity contribution in [2.45, 2.75) is 6.61 Å². The summed E-state index contributed by atoms with van der Waals surface area (Å²) < 4.78 is 7.46. The van der Waals surface area contributed by atoms with Crippen LogP contribution in [-0.2, 0) is 6.61 Å². The monoisotopic (exact) mass is 550 g/mol. The molecule has 2 aromatic carbocycles. The zero-order valence-corrected chi connectivity index (χ0v) is 18.8. The summed E-state index contributed by atoms with van der Waals surface area (Å²) >= 11 is 19.9. The van der Waals surface area contributed by atoms with Crippen molar-refractivity contribution in [1.82, 2.24) is 10.2 Å². The number of carbonyl (C=O) groups is 1. The molecular formula is C16H10Br2Cl2N4O2S. The summed E-state index contributed by atoms with van der Waals surface area (Å²) in [7, 11) is 0. The number of carbonyl (C=O) groups excluding carboxylic acids is 1. The van der Waals surface area contributed by atoms with Crippen LogP contribution in [0.2, 0.25) is 10.0 Å². The lowest BCUT2D eigenvalue weighted by atomic mass is 10.3. The molecule has 0 saturated carbocycles. The number of ether oxygens (including phenoxy) is 1. The Kier molecular flexibility index (Phi) is 6.93. The molecule has 27 heavy (non-hydrogen) atoms. The van der Waals surface area contributed by atoms with Crippen molar-refractivity contribution >= 4 is 83.2 Å². The third-order valence-corrected chi connectivity index (χ3v) is 5.58. The maximum Gasteiger partial charge on any atom is 0.325 e. The third-order valence-electron chi connectivity index (χ3n) is 3.11. The van der Waals surface area contributed by atoms with Crippen LogP contribution in [-0.4, -0.2) is 16.2 Å². The Bertz CT molecular complexity index is 987. The van der Waals surface area contributed by atoms with Crippen molar-refractivity contribution in [1.29, 1.82) is 0 Å². The van der Waals surface area contributed by atoms with E-state index in [1.54, 1.807) is 18.2 Å². The predicted octanol–water partition coefficient (Wildman–Crippen LogP) is 6.59. The van der Waals surface area contributed by atoms with Crippen LogP contribution in [0.15, 0.2) is 45.3 Å². The number of urea groups is 1. The molecule has 0 aliphatic rings. The first-order chi connectivity index (χ1) is 12.9. The lowest BCUT2D eigenvalue weighted by Crippen LogP contribution is -2.19. The first-order valence-electron chi connectivity index (χ1n) is 7.34. The highest BCUT2D eigenvalue weighted by Crippen LogP contribution is 2.29. The molecule has 0 unspecified atom stereocenters. The zero-order valence-electron chi connectivity index (χ0n) is 13.3. The standard InChI is InChI=1S/C16H10Br2Cl2N4O2S/c17-8-1-4-13(10(18)5-8)26-7-14-23-24-16(27-14)22-15(25)21-12-3-2-9(19)6-11(12)20/h1-6H,7H2,(H2,21,22,24,25). The topological polar surface area (TPSA) is 76.1 Å². The normalized spacial score (nSPS) is 10.5. The highest BCUT2D eigenvalue weighted by atomic mass is 79.9. The van der Waals surface area contributed by atoms with Gasteiger partial charge in [-0.3, -0.25) is 5.32 Å². The quantitative estimate of drug-likeness (QED) is 0.374. The Morgan fingerprint density at radius 2 is 1.93 bits per heavy atom. The number of anilines is 2. The highest BCUT2D eigenvalue weighted by molar-refractivity contribution is 9.11. The number of halogens is 4. The van der Waals surface area contributed by atoms with Gasteiger partial charge in [0.05, 0.1) is 15.2 Å². The molecule has 0 atom stereocenters. The maximum atomic E-state index is 12.1. The molecule has 0 spiro atoms. The number of nitrogens with zero attached hydrogens (tertiary/aromatic N) is 2. The lowest BCUT2D eigenvalue weighted by Gasteiger charge is -2.07. The van der Waals surface area contributed by atoms with E-state index in [0.29, 0.717) is 31.6 Å². The van der Waals surface area contributed by atoms with E-state index in [-0.39, 0.29) is 6.61 Å². The Morgan fingerprint density at radius 1 is 1.11 bits per heavy atom. The molecule has 0 bridgehead atoms. The van der Waals surface area contributed by atoms with E-state index < -0.39 is 6.03 Å². The van der Waals surface area contributed by atoms with Crippen molar-refractivity contribution in [3.05, 3.63) is 60.4 Å². The number of aromatic nitrogens is 2. The molecule has 0 fully saturated rings. The fourth-order valence-corrected chi connectivity index (χ4v) is 4.20. The Balaban J connectivity index is 1.56. The minimum Gasteiger partial charge on any atom is -0.485 e. The number of benzene rings is 2. The van der Waals surface area contributed by atoms with Gasteiger partial charge in [-0.15, -0.1) is 10.2 Å². The molecule has 1 aromatic heterocycles. The molecule has 0 aliphatic carbocycles. The molecule has 2 N–H and O–H groups in total.